The van der Waals surface area contributed by atoms with Crippen LogP contribution in [0.2, 0.25) is 0 Å². The lowest BCUT2D eigenvalue weighted by molar-refractivity contribution is -0.141. The summed E-state index contributed by atoms with van der Waals surface area (Å²) < 4.78 is 43.6. The Morgan fingerprint density at radius 1 is 1.30 bits per heavy atom. The van der Waals surface area contributed by atoms with Crippen molar-refractivity contribution in [2.45, 2.75) is 20.0 Å². The number of hydrogen-bond donors (Lipinski definition) is 1. The normalized spacial score (nSPS) is 11.5. The zero-order valence-electron chi connectivity index (χ0n) is 11.8. The van der Waals surface area contributed by atoms with Crippen LogP contribution in [0.5, 0.6) is 0 Å². The molecule has 1 rings (SSSR count). The van der Waals surface area contributed by atoms with Gasteiger partial charge in [0, 0.05) is 32.8 Å². The number of alkyl halides is 3. The van der Waals surface area contributed by atoms with Gasteiger partial charge >= 0.3 is 6.18 Å². The molecule has 8 heteroatoms. The van der Waals surface area contributed by atoms with Gasteiger partial charge in [-0.2, -0.15) is 18.2 Å². The zero-order valence-corrected chi connectivity index (χ0v) is 11.8. The van der Waals surface area contributed by atoms with Crippen LogP contribution in [0.1, 0.15) is 19.5 Å². The first-order valence-corrected chi connectivity index (χ1v) is 6.39. The summed E-state index contributed by atoms with van der Waals surface area (Å²) in [5.41, 5.74) is -0.957. The van der Waals surface area contributed by atoms with Gasteiger partial charge in [0.1, 0.15) is 5.82 Å². The van der Waals surface area contributed by atoms with Crippen molar-refractivity contribution in [1.29, 1.82) is 0 Å². The second-order valence-corrected chi connectivity index (χ2v) is 3.96. The number of nitrogens with one attached hydrogen (secondary N) is 1. The fourth-order valence-corrected chi connectivity index (χ4v) is 1.61. The van der Waals surface area contributed by atoms with E-state index in [9.17, 15) is 13.2 Å². The van der Waals surface area contributed by atoms with Gasteiger partial charge in [0.2, 0.25) is 5.95 Å². The van der Waals surface area contributed by atoms with Gasteiger partial charge in [-0.1, -0.05) is 0 Å². The van der Waals surface area contributed by atoms with E-state index < -0.39 is 11.9 Å². The van der Waals surface area contributed by atoms with Crippen LogP contribution < -0.4 is 10.2 Å². The van der Waals surface area contributed by atoms with Crippen LogP contribution in [-0.4, -0.2) is 43.3 Å². The lowest BCUT2D eigenvalue weighted by Crippen LogP contribution is -2.29. The molecule has 0 fully saturated rings. The van der Waals surface area contributed by atoms with E-state index >= 15 is 0 Å². The highest BCUT2D eigenvalue weighted by Gasteiger charge is 2.34. The molecule has 5 nitrogen and oxygen atoms in total. The monoisotopic (exact) mass is 292 g/mol. The van der Waals surface area contributed by atoms with Crippen LogP contribution in [0.3, 0.4) is 0 Å². The molecule has 0 atom stereocenters. The van der Waals surface area contributed by atoms with E-state index in [0.29, 0.717) is 26.3 Å². The van der Waals surface area contributed by atoms with Crippen molar-refractivity contribution in [3.8, 4) is 0 Å². The summed E-state index contributed by atoms with van der Waals surface area (Å²) in [7, 11) is 1.48. The van der Waals surface area contributed by atoms with E-state index in [-0.39, 0.29) is 11.8 Å². The summed E-state index contributed by atoms with van der Waals surface area (Å²) in [5.74, 6) is 0.184. The highest BCUT2D eigenvalue weighted by molar-refractivity contribution is 5.45. The molecule has 0 aliphatic rings. The average Bonchev–Trinajstić information content (AvgIpc) is 2.42. The topological polar surface area (TPSA) is 50.3 Å². The summed E-state index contributed by atoms with van der Waals surface area (Å²) in [4.78, 5) is 9.21. The molecule has 0 radical (unpaired) electrons. The van der Waals surface area contributed by atoms with E-state index in [1.54, 1.807) is 4.90 Å². The van der Waals surface area contributed by atoms with Gasteiger partial charge < -0.3 is 15.0 Å². The maximum atomic E-state index is 12.8. The lowest BCUT2D eigenvalue weighted by atomic mass is 10.3. The van der Waals surface area contributed by atoms with Crippen molar-refractivity contribution >= 4 is 11.8 Å². The molecular formula is C12H19F3N4O. The largest absolute Gasteiger partial charge is 0.433 e. The van der Waals surface area contributed by atoms with E-state index in [1.807, 2.05) is 13.8 Å². The first kappa shape index (κ1) is 16.5. The van der Waals surface area contributed by atoms with E-state index in [2.05, 4.69) is 15.3 Å². The molecule has 1 aromatic heterocycles. The molecule has 1 aromatic rings. The number of anilines is 2. The van der Waals surface area contributed by atoms with Crippen molar-refractivity contribution in [1.82, 2.24) is 9.97 Å². The number of halogens is 3. The highest BCUT2D eigenvalue weighted by Crippen LogP contribution is 2.30. The molecule has 20 heavy (non-hydrogen) atoms. The second kappa shape index (κ2) is 7.28. The first-order valence-electron chi connectivity index (χ1n) is 6.39. The molecule has 0 saturated heterocycles. The average molecular weight is 292 g/mol. The standard InChI is InChI=1S/C12H19F3N4O/c1-4-19(6-7-20-5-2)10-8-9(12(13,14)15)17-11(16-3)18-10/h8H,4-7H2,1-3H3,(H,16,17,18). The number of ether oxygens (including phenoxy) is 1. The minimum Gasteiger partial charge on any atom is -0.380 e. The van der Waals surface area contributed by atoms with Gasteiger partial charge in [0.15, 0.2) is 5.69 Å². The lowest BCUT2D eigenvalue weighted by Gasteiger charge is -2.23. The van der Waals surface area contributed by atoms with E-state index in [4.69, 9.17) is 4.74 Å². The summed E-state index contributed by atoms with van der Waals surface area (Å²) in [6, 6.07) is 0.955. The van der Waals surface area contributed by atoms with Gasteiger partial charge in [-0.3, -0.25) is 0 Å². The Bertz CT molecular complexity index is 426. The maximum Gasteiger partial charge on any atom is 0.433 e. The molecule has 1 heterocycles. The number of aromatic nitrogens is 2. The van der Waals surface area contributed by atoms with E-state index in [1.165, 1.54) is 7.05 Å². The molecule has 0 aromatic carbocycles. The molecule has 1 N–H and O–H groups in total. The summed E-state index contributed by atoms with van der Waals surface area (Å²) >= 11 is 0. The van der Waals surface area contributed by atoms with Gasteiger partial charge in [0.05, 0.1) is 6.61 Å². The summed E-state index contributed by atoms with van der Waals surface area (Å²) in [5, 5.41) is 2.55. The van der Waals surface area contributed by atoms with Crippen LogP contribution in [0.25, 0.3) is 0 Å². The van der Waals surface area contributed by atoms with Crippen LogP contribution in [0, 0.1) is 0 Å². The molecule has 0 bridgehead atoms. The van der Waals surface area contributed by atoms with Crippen LogP contribution in [0.4, 0.5) is 24.9 Å². The second-order valence-electron chi connectivity index (χ2n) is 3.96. The van der Waals surface area contributed by atoms with Gasteiger partial charge in [0.25, 0.3) is 0 Å². The summed E-state index contributed by atoms with van der Waals surface area (Å²) in [6.07, 6.45) is -4.50. The Morgan fingerprint density at radius 3 is 2.50 bits per heavy atom. The molecule has 0 spiro atoms. The molecule has 0 aliphatic heterocycles. The first-order chi connectivity index (χ1) is 9.42. The zero-order chi connectivity index (χ0) is 15.2. The van der Waals surface area contributed by atoms with Crippen molar-refractivity contribution in [3.05, 3.63) is 11.8 Å². The van der Waals surface area contributed by atoms with Gasteiger partial charge in [-0.05, 0) is 13.8 Å². The van der Waals surface area contributed by atoms with Crippen molar-refractivity contribution in [2.75, 3.05) is 43.6 Å². The molecule has 0 aliphatic carbocycles. The third kappa shape index (κ3) is 4.52. The maximum absolute atomic E-state index is 12.8. The summed E-state index contributed by atoms with van der Waals surface area (Å²) in [6.45, 7) is 5.72. The Kier molecular flexibility index (Phi) is 6.00. The Morgan fingerprint density at radius 2 is 2.00 bits per heavy atom. The quantitative estimate of drug-likeness (QED) is 0.782. The van der Waals surface area contributed by atoms with Crippen LogP contribution >= 0.6 is 0 Å². The minimum absolute atomic E-state index is 0.0512. The number of nitrogens with zero attached hydrogens (tertiary/aromatic N) is 3. The number of hydrogen-bond acceptors (Lipinski definition) is 5. The Balaban J connectivity index is 3.02. The van der Waals surface area contributed by atoms with Gasteiger partial charge in [-0.25, -0.2) is 4.98 Å². The Hall–Kier alpha value is -1.57. The van der Waals surface area contributed by atoms with Crippen molar-refractivity contribution in [2.24, 2.45) is 0 Å². The molecule has 0 unspecified atom stereocenters. The Labute approximate surface area is 116 Å². The third-order valence-corrected chi connectivity index (χ3v) is 2.64. The third-order valence-electron chi connectivity index (χ3n) is 2.64. The molecule has 114 valence electrons. The fourth-order valence-electron chi connectivity index (χ4n) is 1.61. The van der Waals surface area contributed by atoms with Crippen molar-refractivity contribution < 1.29 is 17.9 Å². The molecule has 0 amide bonds. The van der Waals surface area contributed by atoms with Gasteiger partial charge in [-0.15, -0.1) is 0 Å². The number of likely N-dealkylation sites (N-methyl/N-ethyl adjacent to an activating group) is 1. The van der Waals surface area contributed by atoms with Crippen LogP contribution in [0.15, 0.2) is 6.07 Å². The SMILES string of the molecule is CCOCCN(CC)c1cc(C(F)(F)F)nc(NC)n1. The minimum atomic E-state index is -4.50. The highest BCUT2D eigenvalue weighted by atomic mass is 19.4. The van der Waals surface area contributed by atoms with Crippen LogP contribution in [-0.2, 0) is 10.9 Å². The van der Waals surface area contributed by atoms with E-state index in [0.717, 1.165) is 6.07 Å². The molecular weight excluding hydrogens is 273 g/mol. The predicted octanol–water partition coefficient (Wildman–Crippen LogP) is 2.40. The van der Waals surface area contributed by atoms with Crippen molar-refractivity contribution in [3.63, 3.8) is 0 Å². The fraction of sp³-hybridized carbons (Fsp3) is 0.667. The number of rotatable bonds is 7. The smallest absolute Gasteiger partial charge is 0.380 e. The predicted molar refractivity (Wildman–Crippen MR) is 71.0 cm³/mol. The molecule has 0 saturated carbocycles.